The van der Waals surface area contributed by atoms with Crippen LogP contribution in [0.3, 0.4) is 0 Å². The van der Waals surface area contributed by atoms with Gasteiger partial charge in [-0.25, -0.2) is 13.4 Å². The number of sulfonamides is 1. The highest BCUT2D eigenvalue weighted by molar-refractivity contribution is 9.10. The Morgan fingerprint density at radius 2 is 2.00 bits per heavy atom. The first-order chi connectivity index (χ1) is 12.9. The van der Waals surface area contributed by atoms with Crippen LogP contribution in [0.1, 0.15) is 43.1 Å². The van der Waals surface area contributed by atoms with Crippen LogP contribution in [0.5, 0.6) is 0 Å². The van der Waals surface area contributed by atoms with E-state index in [1.54, 1.807) is 24.4 Å². The van der Waals surface area contributed by atoms with E-state index in [-0.39, 0.29) is 4.21 Å². The molecule has 1 N–H and O–H groups in total. The summed E-state index contributed by atoms with van der Waals surface area (Å²) in [4.78, 5) is 5.16. The lowest BCUT2D eigenvalue weighted by molar-refractivity contribution is 0.458. The van der Waals surface area contributed by atoms with E-state index in [9.17, 15) is 8.42 Å². The molecule has 1 aliphatic carbocycles. The molecule has 1 aromatic carbocycles. The summed E-state index contributed by atoms with van der Waals surface area (Å²) in [6.45, 7) is 1.95. The molecule has 0 radical (unpaired) electrons. The topological polar surface area (TPSA) is 72.2 Å². The van der Waals surface area contributed by atoms with Crippen LogP contribution < -0.4 is 4.72 Å². The number of nitrogens with zero attached hydrogens (tertiary/aromatic N) is 1. The van der Waals surface area contributed by atoms with Gasteiger partial charge in [0, 0.05) is 10.4 Å². The third-order valence-electron chi connectivity index (χ3n) is 4.69. The summed E-state index contributed by atoms with van der Waals surface area (Å²) >= 11 is 4.58. The summed E-state index contributed by atoms with van der Waals surface area (Å²) in [7, 11) is -3.67. The van der Waals surface area contributed by atoms with Crippen LogP contribution in [-0.2, 0) is 10.0 Å². The Balaban J connectivity index is 1.56. The van der Waals surface area contributed by atoms with E-state index in [1.165, 1.54) is 24.2 Å². The molecular weight excluding hydrogens is 448 g/mol. The van der Waals surface area contributed by atoms with Crippen molar-refractivity contribution < 1.29 is 12.8 Å². The average molecular weight is 467 g/mol. The summed E-state index contributed by atoms with van der Waals surface area (Å²) in [5.41, 5.74) is 1.56. The molecule has 1 fully saturated rings. The largest absolute Gasteiger partial charge is 0.440 e. The highest BCUT2D eigenvalue weighted by Gasteiger charge is 2.24. The fraction of sp³-hybridized carbons (Fsp3) is 0.316. The fourth-order valence-corrected chi connectivity index (χ4v) is 6.31. The molecular formula is C19H19BrN2O3S2. The maximum absolute atomic E-state index is 12.7. The molecule has 2 aromatic heterocycles. The molecule has 2 heterocycles. The second kappa shape index (κ2) is 7.41. The van der Waals surface area contributed by atoms with Gasteiger partial charge in [-0.1, -0.05) is 18.9 Å². The van der Waals surface area contributed by atoms with Gasteiger partial charge < -0.3 is 4.42 Å². The minimum atomic E-state index is -3.67. The Morgan fingerprint density at radius 1 is 1.22 bits per heavy atom. The van der Waals surface area contributed by atoms with E-state index in [0.717, 1.165) is 29.2 Å². The van der Waals surface area contributed by atoms with Crippen LogP contribution in [0, 0.1) is 6.92 Å². The Kier molecular flexibility index (Phi) is 5.13. The lowest BCUT2D eigenvalue weighted by Gasteiger charge is -2.08. The Labute approximate surface area is 171 Å². The average Bonchev–Trinajstić information content (AvgIpc) is 3.37. The van der Waals surface area contributed by atoms with Crippen molar-refractivity contribution >= 4 is 43.0 Å². The van der Waals surface area contributed by atoms with Gasteiger partial charge in [0.05, 0.1) is 16.8 Å². The Morgan fingerprint density at radius 3 is 2.74 bits per heavy atom. The smallest absolute Gasteiger partial charge is 0.271 e. The molecule has 0 aliphatic heterocycles. The number of aryl methyl sites for hydroxylation is 1. The van der Waals surface area contributed by atoms with Gasteiger partial charge in [-0.3, -0.25) is 4.72 Å². The van der Waals surface area contributed by atoms with E-state index in [1.807, 2.05) is 19.1 Å². The third kappa shape index (κ3) is 3.97. The summed E-state index contributed by atoms with van der Waals surface area (Å²) in [5.74, 6) is 1.78. The van der Waals surface area contributed by atoms with Gasteiger partial charge in [-0.05, 0) is 65.5 Å². The number of thiophene rings is 1. The second-order valence-corrected chi connectivity index (χ2v) is 10.6. The molecule has 27 heavy (non-hydrogen) atoms. The quantitative estimate of drug-likeness (QED) is 0.505. The number of hydrogen-bond donors (Lipinski definition) is 1. The molecule has 0 saturated heterocycles. The predicted molar refractivity (Wildman–Crippen MR) is 111 cm³/mol. The minimum Gasteiger partial charge on any atom is -0.440 e. The molecule has 3 aromatic rings. The van der Waals surface area contributed by atoms with Crippen LogP contribution in [0.15, 0.2) is 49.6 Å². The molecule has 5 nitrogen and oxygen atoms in total. The third-order valence-corrected chi connectivity index (χ3v) is 8.30. The molecule has 0 unspecified atom stereocenters. The van der Waals surface area contributed by atoms with Crippen LogP contribution >= 0.6 is 27.3 Å². The van der Waals surface area contributed by atoms with E-state index in [0.29, 0.717) is 21.8 Å². The van der Waals surface area contributed by atoms with Gasteiger partial charge in [-0.2, -0.15) is 0 Å². The second-order valence-electron chi connectivity index (χ2n) is 6.75. The first-order valence-electron chi connectivity index (χ1n) is 8.77. The van der Waals surface area contributed by atoms with E-state index in [4.69, 9.17) is 4.42 Å². The maximum Gasteiger partial charge on any atom is 0.271 e. The Bertz CT molecular complexity index is 1070. The van der Waals surface area contributed by atoms with Crippen molar-refractivity contribution in [3.05, 3.63) is 52.5 Å². The van der Waals surface area contributed by atoms with Gasteiger partial charge in [0.1, 0.15) is 4.21 Å². The van der Waals surface area contributed by atoms with Crippen molar-refractivity contribution in [1.29, 1.82) is 0 Å². The van der Waals surface area contributed by atoms with Gasteiger partial charge in [0.15, 0.2) is 11.7 Å². The van der Waals surface area contributed by atoms with Gasteiger partial charge in [0.2, 0.25) is 0 Å². The number of oxazole rings is 1. The molecule has 0 atom stereocenters. The lowest BCUT2D eigenvalue weighted by atomic mass is 10.1. The molecule has 142 valence electrons. The van der Waals surface area contributed by atoms with E-state index < -0.39 is 10.0 Å². The zero-order valence-corrected chi connectivity index (χ0v) is 18.0. The SMILES string of the molecule is Cc1ccc(NS(=O)(=O)c2ccc(-c3cnc(C4CCCC4)o3)s2)c(Br)c1. The van der Waals surface area contributed by atoms with E-state index in [2.05, 4.69) is 25.6 Å². The summed E-state index contributed by atoms with van der Waals surface area (Å²) in [6, 6.07) is 8.85. The number of aromatic nitrogens is 1. The first-order valence-corrected chi connectivity index (χ1v) is 11.9. The highest BCUT2D eigenvalue weighted by Crippen LogP contribution is 2.37. The summed E-state index contributed by atoms with van der Waals surface area (Å²) in [5, 5.41) is 0. The van der Waals surface area contributed by atoms with Crippen LogP contribution in [0.4, 0.5) is 5.69 Å². The zero-order chi connectivity index (χ0) is 19.0. The van der Waals surface area contributed by atoms with Crippen LogP contribution in [0.25, 0.3) is 10.6 Å². The number of anilines is 1. The normalized spacial score (nSPS) is 15.3. The van der Waals surface area contributed by atoms with Gasteiger partial charge >= 0.3 is 0 Å². The monoisotopic (exact) mass is 466 g/mol. The molecule has 8 heteroatoms. The standard InChI is InChI=1S/C19H19BrN2O3S2/c1-12-6-7-15(14(20)10-12)22-27(23,24)18-9-8-17(26-18)16-11-21-19(25-16)13-4-2-3-5-13/h6-11,13,22H,2-5H2,1H3. The fourth-order valence-electron chi connectivity index (χ4n) is 3.26. The molecule has 1 saturated carbocycles. The molecule has 0 amide bonds. The number of benzene rings is 1. The molecule has 0 spiro atoms. The molecule has 4 rings (SSSR count). The van der Waals surface area contributed by atoms with Crippen molar-refractivity contribution in [3.8, 4) is 10.6 Å². The summed E-state index contributed by atoms with van der Waals surface area (Å²) < 4.78 is 34.9. The Hall–Kier alpha value is -1.64. The predicted octanol–water partition coefficient (Wildman–Crippen LogP) is 5.93. The van der Waals surface area contributed by atoms with Crippen molar-refractivity contribution in [2.24, 2.45) is 0 Å². The van der Waals surface area contributed by atoms with Crippen molar-refractivity contribution in [3.63, 3.8) is 0 Å². The van der Waals surface area contributed by atoms with Crippen molar-refractivity contribution in [2.75, 3.05) is 4.72 Å². The minimum absolute atomic E-state index is 0.240. The number of rotatable bonds is 5. The maximum atomic E-state index is 12.7. The zero-order valence-electron chi connectivity index (χ0n) is 14.7. The molecule has 0 bridgehead atoms. The highest BCUT2D eigenvalue weighted by atomic mass is 79.9. The van der Waals surface area contributed by atoms with E-state index >= 15 is 0 Å². The number of halogens is 1. The van der Waals surface area contributed by atoms with Crippen LogP contribution in [0.2, 0.25) is 0 Å². The van der Waals surface area contributed by atoms with Gasteiger partial charge in [0.25, 0.3) is 10.0 Å². The summed E-state index contributed by atoms with van der Waals surface area (Å²) in [6.07, 6.45) is 6.34. The van der Waals surface area contributed by atoms with Crippen molar-refractivity contribution in [1.82, 2.24) is 4.98 Å². The van der Waals surface area contributed by atoms with Crippen LogP contribution in [-0.4, -0.2) is 13.4 Å². The lowest BCUT2D eigenvalue weighted by Crippen LogP contribution is -2.11. The molecule has 1 aliphatic rings. The van der Waals surface area contributed by atoms with Crippen molar-refractivity contribution in [2.45, 2.75) is 42.7 Å². The van der Waals surface area contributed by atoms with Gasteiger partial charge in [-0.15, -0.1) is 11.3 Å². The number of nitrogens with one attached hydrogen (secondary N) is 1. The number of hydrogen-bond acceptors (Lipinski definition) is 5. The first kappa shape index (κ1) is 18.7.